The predicted octanol–water partition coefficient (Wildman–Crippen LogP) is 3.46. The summed E-state index contributed by atoms with van der Waals surface area (Å²) in [5, 5.41) is 0. The molecule has 3 heteroatoms. The molecule has 0 N–H and O–H groups in total. The molecule has 2 rings (SSSR count). The number of methoxy groups -OCH3 is 1. The van der Waals surface area contributed by atoms with Crippen LogP contribution in [0.2, 0.25) is 0 Å². The van der Waals surface area contributed by atoms with Crippen LogP contribution in [0.3, 0.4) is 0 Å². The Morgan fingerprint density at radius 3 is 2.48 bits per heavy atom. The number of ketones is 1. The minimum atomic E-state index is -0.382. The van der Waals surface area contributed by atoms with Crippen LogP contribution in [0.4, 0.5) is 0 Å². The molecule has 0 unspecified atom stereocenters. The van der Waals surface area contributed by atoms with E-state index in [1.165, 1.54) is 25.7 Å². The van der Waals surface area contributed by atoms with E-state index < -0.39 is 0 Å². The lowest BCUT2D eigenvalue weighted by molar-refractivity contribution is -0.128. The lowest BCUT2D eigenvalue weighted by atomic mass is 9.91. The van der Waals surface area contributed by atoms with Gasteiger partial charge in [-0.1, -0.05) is 25.0 Å². The minimum Gasteiger partial charge on any atom is -0.497 e. The van der Waals surface area contributed by atoms with E-state index in [9.17, 15) is 4.79 Å². The molecule has 0 atom stereocenters. The number of hydrogen-bond acceptors (Lipinski definition) is 3. The predicted molar refractivity (Wildman–Crippen MR) is 85.8 cm³/mol. The Labute approximate surface area is 128 Å². The van der Waals surface area contributed by atoms with E-state index in [0.29, 0.717) is 6.42 Å². The van der Waals surface area contributed by atoms with Crippen molar-refractivity contribution in [1.82, 2.24) is 4.90 Å². The molecule has 0 bridgehead atoms. The highest BCUT2D eigenvalue weighted by molar-refractivity contribution is 5.89. The fourth-order valence-electron chi connectivity index (χ4n) is 2.99. The van der Waals surface area contributed by atoms with Gasteiger partial charge in [-0.15, -0.1) is 0 Å². The Morgan fingerprint density at radius 2 is 1.86 bits per heavy atom. The van der Waals surface area contributed by atoms with Gasteiger partial charge in [0.2, 0.25) is 0 Å². The molecule has 1 heterocycles. The summed E-state index contributed by atoms with van der Waals surface area (Å²) in [5.74, 6) is 1.10. The second-order valence-corrected chi connectivity index (χ2v) is 6.41. The van der Waals surface area contributed by atoms with Crippen molar-refractivity contribution in [3.8, 4) is 5.75 Å². The molecule has 116 valence electrons. The van der Waals surface area contributed by atoms with E-state index in [4.69, 9.17) is 4.74 Å². The largest absolute Gasteiger partial charge is 0.497 e. The van der Waals surface area contributed by atoms with Gasteiger partial charge >= 0.3 is 0 Å². The Hall–Kier alpha value is -1.35. The van der Waals surface area contributed by atoms with Crippen molar-refractivity contribution in [2.75, 3.05) is 20.2 Å². The molecule has 1 saturated heterocycles. The van der Waals surface area contributed by atoms with Crippen LogP contribution in [0.15, 0.2) is 24.3 Å². The van der Waals surface area contributed by atoms with E-state index >= 15 is 0 Å². The number of Topliss-reactive ketones (excluding diaryl/α,β-unsaturated/α-hetero) is 1. The molecule has 21 heavy (non-hydrogen) atoms. The quantitative estimate of drug-likeness (QED) is 0.831. The normalized spacial score (nSPS) is 17.3. The number of rotatable bonds is 5. The summed E-state index contributed by atoms with van der Waals surface area (Å²) >= 11 is 0. The third kappa shape index (κ3) is 4.07. The molecule has 0 aliphatic carbocycles. The van der Waals surface area contributed by atoms with Gasteiger partial charge in [0.05, 0.1) is 12.6 Å². The Morgan fingerprint density at radius 1 is 1.19 bits per heavy atom. The van der Waals surface area contributed by atoms with Crippen molar-refractivity contribution in [2.45, 2.75) is 51.5 Å². The van der Waals surface area contributed by atoms with E-state index in [-0.39, 0.29) is 11.3 Å². The third-order valence-electron chi connectivity index (χ3n) is 4.58. The molecule has 0 amide bonds. The van der Waals surface area contributed by atoms with Gasteiger partial charge in [0.15, 0.2) is 5.78 Å². The second-order valence-electron chi connectivity index (χ2n) is 6.41. The molecule has 1 fully saturated rings. The van der Waals surface area contributed by atoms with Crippen LogP contribution in [0.1, 0.15) is 45.1 Å². The molecular weight excluding hydrogens is 262 g/mol. The van der Waals surface area contributed by atoms with Gasteiger partial charge in [0.25, 0.3) is 0 Å². The van der Waals surface area contributed by atoms with Crippen LogP contribution in [0, 0.1) is 0 Å². The van der Waals surface area contributed by atoms with Crippen LogP contribution >= 0.6 is 0 Å². The van der Waals surface area contributed by atoms with Gasteiger partial charge in [-0.3, -0.25) is 9.69 Å². The summed E-state index contributed by atoms with van der Waals surface area (Å²) in [7, 11) is 1.65. The van der Waals surface area contributed by atoms with Crippen molar-refractivity contribution < 1.29 is 9.53 Å². The van der Waals surface area contributed by atoms with Crippen molar-refractivity contribution in [3.05, 3.63) is 29.8 Å². The van der Waals surface area contributed by atoms with Gasteiger partial charge in [-0.25, -0.2) is 0 Å². The molecule has 0 radical (unpaired) electrons. The first-order chi connectivity index (χ1) is 10.0. The minimum absolute atomic E-state index is 0.289. The summed E-state index contributed by atoms with van der Waals surface area (Å²) in [6.45, 7) is 6.22. The summed E-state index contributed by atoms with van der Waals surface area (Å²) in [6.07, 6.45) is 5.46. The maximum atomic E-state index is 12.8. The highest BCUT2D eigenvalue weighted by Crippen LogP contribution is 2.23. The Kier molecular flexibility index (Phi) is 5.40. The standard InChI is InChI=1S/C18H27NO2/c1-18(2,19-11-6-4-5-7-12-19)17(20)14-15-9-8-10-16(13-15)21-3/h8-10,13H,4-7,11-12,14H2,1-3H3. The topological polar surface area (TPSA) is 29.5 Å². The SMILES string of the molecule is COc1cccc(CC(=O)C(C)(C)N2CCCCCC2)c1. The zero-order valence-electron chi connectivity index (χ0n) is 13.5. The first-order valence-electron chi connectivity index (χ1n) is 7.95. The van der Waals surface area contributed by atoms with E-state index in [1.807, 2.05) is 24.3 Å². The maximum Gasteiger partial charge on any atom is 0.156 e. The molecule has 1 aliphatic heterocycles. The number of benzene rings is 1. The van der Waals surface area contributed by atoms with Gasteiger partial charge < -0.3 is 4.74 Å². The van der Waals surface area contributed by atoms with E-state index in [0.717, 1.165) is 24.4 Å². The zero-order valence-corrected chi connectivity index (χ0v) is 13.5. The Balaban J connectivity index is 2.06. The van der Waals surface area contributed by atoms with Crippen LogP contribution in [0.5, 0.6) is 5.75 Å². The summed E-state index contributed by atoms with van der Waals surface area (Å²) in [4.78, 5) is 15.1. The average Bonchev–Trinajstić information content (AvgIpc) is 2.77. The first-order valence-corrected chi connectivity index (χ1v) is 7.95. The number of carbonyl (C=O) groups excluding carboxylic acids is 1. The first kappa shape index (κ1) is 16.0. The van der Waals surface area contributed by atoms with E-state index in [1.54, 1.807) is 7.11 Å². The molecule has 0 saturated carbocycles. The lowest BCUT2D eigenvalue weighted by Crippen LogP contribution is -2.51. The Bertz CT molecular complexity index is 474. The molecular formula is C18H27NO2. The average molecular weight is 289 g/mol. The molecule has 1 aromatic rings. The fourth-order valence-corrected chi connectivity index (χ4v) is 2.99. The number of hydrogen-bond donors (Lipinski definition) is 0. The van der Waals surface area contributed by atoms with Crippen molar-refractivity contribution in [2.24, 2.45) is 0 Å². The monoisotopic (exact) mass is 289 g/mol. The van der Waals surface area contributed by atoms with Gasteiger partial charge in [0, 0.05) is 6.42 Å². The summed E-state index contributed by atoms with van der Waals surface area (Å²) in [5.41, 5.74) is 0.648. The van der Waals surface area contributed by atoms with Gasteiger partial charge in [-0.05, 0) is 57.5 Å². The van der Waals surface area contributed by atoms with Crippen LogP contribution < -0.4 is 4.74 Å². The molecule has 1 aromatic carbocycles. The highest BCUT2D eigenvalue weighted by atomic mass is 16.5. The van der Waals surface area contributed by atoms with Crippen molar-refractivity contribution >= 4 is 5.78 Å². The smallest absolute Gasteiger partial charge is 0.156 e. The number of ether oxygens (including phenoxy) is 1. The van der Waals surface area contributed by atoms with Crippen molar-refractivity contribution in [3.63, 3.8) is 0 Å². The molecule has 3 nitrogen and oxygen atoms in total. The molecule has 1 aliphatic rings. The highest BCUT2D eigenvalue weighted by Gasteiger charge is 2.34. The van der Waals surface area contributed by atoms with E-state index in [2.05, 4.69) is 18.7 Å². The zero-order chi connectivity index (χ0) is 15.3. The van der Waals surface area contributed by atoms with Crippen LogP contribution in [0.25, 0.3) is 0 Å². The molecule has 0 aromatic heterocycles. The maximum absolute atomic E-state index is 12.8. The summed E-state index contributed by atoms with van der Waals surface area (Å²) in [6, 6.07) is 7.81. The molecule has 0 spiro atoms. The number of carbonyl (C=O) groups is 1. The van der Waals surface area contributed by atoms with Crippen molar-refractivity contribution in [1.29, 1.82) is 0 Å². The lowest BCUT2D eigenvalue weighted by Gasteiger charge is -2.36. The van der Waals surface area contributed by atoms with Crippen LogP contribution in [-0.4, -0.2) is 36.4 Å². The van der Waals surface area contributed by atoms with Crippen LogP contribution in [-0.2, 0) is 11.2 Å². The second kappa shape index (κ2) is 7.08. The number of nitrogens with zero attached hydrogens (tertiary/aromatic N) is 1. The van der Waals surface area contributed by atoms with Gasteiger partial charge in [-0.2, -0.15) is 0 Å². The fraction of sp³-hybridized carbons (Fsp3) is 0.611. The summed E-state index contributed by atoms with van der Waals surface area (Å²) < 4.78 is 5.23. The number of likely N-dealkylation sites (tertiary alicyclic amines) is 1. The van der Waals surface area contributed by atoms with Gasteiger partial charge in [0.1, 0.15) is 5.75 Å². The third-order valence-corrected chi connectivity index (χ3v) is 4.58.